The van der Waals surface area contributed by atoms with E-state index in [0.29, 0.717) is 0 Å². The third kappa shape index (κ3) is 4.31. The van der Waals surface area contributed by atoms with Crippen LogP contribution in [0.2, 0.25) is 0 Å². The quantitative estimate of drug-likeness (QED) is 0.319. The van der Waals surface area contributed by atoms with E-state index in [0.717, 1.165) is 51.3 Å². The van der Waals surface area contributed by atoms with Crippen LogP contribution in [-0.4, -0.2) is 19.9 Å². The average Bonchev–Trinajstić information content (AvgIpc) is 3.56. The SMILES string of the molecule is C1=CNC=CC1.C1=Cc2cc3ccc(cc4ccc(cc5nc(cc1n2)C=C5)[nH]4)[nH]3. The number of hydrogen-bond acceptors (Lipinski definition) is 3. The van der Waals surface area contributed by atoms with Crippen molar-refractivity contribution in [3.8, 4) is 0 Å². The molecule has 3 aliphatic rings. The molecule has 0 fully saturated rings. The van der Waals surface area contributed by atoms with Crippen molar-refractivity contribution in [2.75, 3.05) is 0 Å². The molecule has 0 amide bonds. The number of H-pyrrole nitrogens is 2. The summed E-state index contributed by atoms with van der Waals surface area (Å²) in [6.07, 6.45) is 17.1. The van der Waals surface area contributed by atoms with E-state index >= 15 is 0 Å². The third-order valence-electron chi connectivity index (χ3n) is 4.74. The standard InChI is InChI=1S/C20H14N4.C5H7N/c1-2-14-10-16-5-6-18(23-16)12-20-8-7-19(24-20)11-17-4-3-15(22-17)9-13(1)21-14;1-2-4-6-5-3-1/h1-12,21-22H;2-6H,1H2. The molecule has 0 saturated heterocycles. The van der Waals surface area contributed by atoms with Crippen LogP contribution < -0.4 is 5.32 Å². The van der Waals surface area contributed by atoms with Crippen LogP contribution in [0.4, 0.5) is 0 Å². The fraction of sp³-hybridized carbons (Fsp3) is 0.0400. The maximum atomic E-state index is 4.62. The Balaban J connectivity index is 0.000000279. The molecule has 6 rings (SSSR count). The second kappa shape index (κ2) is 8.09. The van der Waals surface area contributed by atoms with Gasteiger partial charge in [-0.2, -0.15) is 0 Å². The van der Waals surface area contributed by atoms with Gasteiger partial charge in [0.05, 0.1) is 22.8 Å². The van der Waals surface area contributed by atoms with Crippen molar-refractivity contribution in [2.24, 2.45) is 0 Å². The molecule has 6 heterocycles. The monoisotopic (exact) mass is 391 g/mol. The smallest absolute Gasteiger partial charge is 0.0659 e. The number of aromatic amines is 2. The molecule has 3 N–H and O–H groups in total. The number of aromatic nitrogens is 4. The molecular weight excluding hydrogens is 370 g/mol. The second-order valence-electron chi connectivity index (χ2n) is 7.11. The van der Waals surface area contributed by atoms with Gasteiger partial charge in [-0.05, 0) is 91.7 Å². The maximum Gasteiger partial charge on any atom is 0.0659 e. The molecule has 5 nitrogen and oxygen atoms in total. The number of hydrogen-bond donors (Lipinski definition) is 3. The molecular formula is C25H21N5. The van der Waals surface area contributed by atoms with Crippen molar-refractivity contribution in [2.45, 2.75) is 6.42 Å². The van der Waals surface area contributed by atoms with Crippen molar-refractivity contribution < 1.29 is 0 Å². The van der Waals surface area contributed by atoms with Crippen molar-refractivity contribution in [1.82, 2.24) is 25.3 Å². The Morgan fingerprint density at radius 2 is 0.967 bits per heavy atom. The molecule has 0 aromatic carbocycles. The molecule has 3 aromatic rings. The molecule has 30 heavy (non-hydrogen) atoms. The molecule has 0 aliphatic carbocycles. The van der Waals surface area contributed by atoms with Gasteiger partial charge in [0.1, 0.15) is 0 Å². The summed E-state index contributed by atoms with van der Waals surface area (Å²) in [5.41, 5.74) is 7.86. The molecule has 3 aliphatic heterocycles. The van der Waals surface area contributed by atoms with Crippen LogP contribution in [0, 0.1) is 0 Å². The van der Waals surface area contributed by atoms with Crippen LogP contribution in [0.5, 0.6) is 0 Å². The Labute approximate surface area is 174 Å². The van der Waals surface area contributed by atoms with E-state index in [-0.39, 0.29) is 0 Å². The van der Waals surface area contributed by atoms with E-state index in [1.54, 1.807) is 0 Å². The van der Waals surface area contributed by atoms with Gasteiger partial charge in [0, 0.05) is 22.1 Å². The first-order chi connectivity index (χ1) is 14.8. The summed E-state index contributed by atoms with van der Waals surface area (Å²) in [4.78, 5) is 16.0. The number of allylic oxidation sites excluding steroid dienone is 2. The first-order valence-corrected chi connectivity index (χ1v) is 9.91. The lowest BCUT2D eigenvalue weighted by molar-refractivity contribution is 1.11. The van der Waals surface area contributed by atoms with E-state index in [9.17, 15) is 0 Å². The first-order valence-electron chi connectivity index (χ1n) is 9.91. The number of nitrogens with zero attached hydrogens (tertiary/aromatic N) is 2. The molecule has 3 aromatic heterocycles. The minimum atomic E-state index is 0.915. The molecule has 0 saturated carbocycles. The van der Waals surface area contributed by atoms with E-state index in [1.165, 1.54) is 0 Å². The highest BCUT2D eigenvalue weighted by Crippen LogP contribution is 2.17. The summed E-state index contributed by atoms with van der Waals surface area (Å²) in [5, 5.41) is 2.92. The van der Waals surface area contributed by atoms with Gasteiger partial charge in [0.15, 0.2) is 0 Å². The molecule has 0 radical (unpaired) electrons. The summed E-state index contributed by atoms with van der Waals surface area (Å²) in [6, 6.07) is 16.4. The number of fused-ring (bicyclic) bond motifs is 8. The first kappa shape index (κ1) is 17.9. The highest BCUT2D eigenvalue weighted by atomic mass is 14.8. The third-order valence-corrected chi connectivity index (χ3v) is 4.74. The molecule has 146 valence electrons. The summed E-state index contributed by atoms with van der Waals surface area (Å²) >= 11 is 0. The lowest BCUT2D eigenvalue weighted by atomic mass is 10.3. The van der Waals surface area contributed by atoms with Crippen LogP contribution in [0.25, 0.3) is 46.4 Å². The van der Waals surface area contributed by atoms with Gasteiger partial charge in [0.25, 0.3) is 0 Å². The second-order valence-corrected chi connectivity index (χ2v) is 7.11. The number of nitrogens with one attached hydrogen (secondary N) is 3. The Morgan fingerprint density at radius 1 is 0.533 bits per heavy atom. The van der Waals surface area contributed by atoms with Gasteiger partial charge in [-0.1, -0.05) is 12.2 Å². The number of rotatable bonds is 0. The fourth-order valence-corrected chi connectivity index (χ4v) is 3.35. The van der Waals surface area contributed by atoms with Crippen molar-refractivity contribution in [1.29, 1.82) is 0 Å². The minimum absolute atomic E-state index is 0.915. The normalized spacial score (nSPS) is 13.6. The van der Waals surface area contributed by atoms with Gasteiger partial charge < -0.3 is 15.3 Å². The van der Waals surface area contributed by atoms with Gasteiger partial charge in [-0.3, -0.25) is 0 Å². The van der Waals surface area contributed by atoms with Gasteiger partial charge in [-0.25, -0.2) is 9.97 Å². The lowest BCUT2D eigenvalue weighted by Gasteiger charge is -1.92. The molecule has 0 unspecified atom stereocenters. The molecule has 5 heteroatoms. The van der Waals surface area contributed by atoms with Crippen LogP contribution in [0.1, 0.15) is 29.2 Å². The summed E-state index contributed by atoms with van der Waals surface area (Å²) in [5.74, 6) is 0. The Bertz CT molecular complexity index is 1240. The molecule has 8 bridgehead atoms. The van der Waals surface area contributed by atoms with Gasteiger partial charge in [0.2, 0.25) is 0 Å². The fourth-order valence-electron chi connectivity index (χ4n) is 3.35. The Kier molecular flexibility index (Phi) is 4.84. The topological polar surface area (TPSA) is 69.4 Å². The zero-order valence-corrected chi connectivity index (χ0v) is 16.3. The van der Waals surface area contributed by atoms with Crippen molar-refractivity contribution >= 4 is 46.4 Å². The van der Waals surface area contributed by atoms with E-state index < -0.39 is 0 Å². The highest BCUT2D eigenvalue weighted by molar-refractivity contribution is 5.77. The van der Waals surface area contributed by atoms with Crippen LogP contribution in [0.15, 0.2) is 73.1 Å². The van der Waals surface area contributed by atoms with E-state index in [4.69, 9.17) is 0 Å². The van der Waals surface area contributed by atoms with Crippen molar-refractivity contribution in [3.05, 3.63) is 95.9 Å². The maximum absolute atomic E-state index is 4.62. The van der Waals surface area contributed by atoms with Crippen LogP contribution in [-0.2, 0) is 0 Å². The minimum Gasteiger partial charge on any atom is -0.368 e. The van der Waals surface area contributed by atoms with E-state index in [2.05, 4.69) is 67.7 Å². The molecule has 0 atom stereocenters. The average molecular weight is 391 g/mol. The van der Waals surface area contributed by atoms with Crippen LogP contribution >= 0.6 is 0 Å². The zero-order chi connectivity index (χ0) is 20.2. The predicted octanol–water partition coefficient (Wildman–Crippen LogP) is 5.66. The summed E-state index contributed by atoms with van der Waals surface area (Å²) in [7, 11) is 0. The van der Waals surface area contributed by atoms with Crippen molar-refractivity contribution in [3.63, 3.8) is 0 Å². The molecule has 0 spiro atoms. The summed E-state index contributed by atoms with van der Waals surface area (Å²) < 4.78 is 0. The van der Waals surface area contributed by atoms with Gasteiger partial charge in [-0.15, -0.1) is 0 Å². The number of dihydropyridines is 1. The summed E-state index contributed by atoms with van der Waals surface area (Å²) in [6.45, 7) is 0. The van der Waals surface area contributed by atoms with Crippen LogP contribution in [0.3, 0.4) is 0 Å². The van der Waals surface area contributed by atoms with Gasteiger partial charge >= 0.3 is 0 Å². The highest BCUT2D eigenvalue weighted by Gasteiger charge is 2.02. The largest absolute Gasteiger partial charge is 0.368 e. The predicted molar refractivity (Wildman–Crippen MR) is 125 cm³/mol. The zero-order valence-electron chi connectivity index (χ0n) is 16.3. The van der Waals surface area contributed by atoms with E-state index in [1.807, 2.05) is 54.9 Å². The Morgan fingerprint density at radius 3 is 1.37 bits per heavy atom. The Hall–Kier alpha value is -4.12. The lowest BCUT2D eigenvalue weighted by Crippen LogP contribution is -1.93.